The lowest BCUT2D eigenvalue weighted by molar-refractivity contribution is 0.331. The van der Waals surface area contributed by atoms with Crippen LogP contribution in [0.5, 0.6) is 0 Å². The van der Waals surface area contributed by atoms with Crippen LogP contribution in [0.3, 0.4) is 0 Å². The molecule has 0 spiro atoms. The van der Waals surface area contributed by atoms with E-state index < -0.39 is 0 Å². The Morgan fingerprint density at radius 2 is 0.750 bits per heavy atom. The maximum Gasteiger partial charge on any atom is 0.112 e. The van der Waals surface area contributed by atoms with Crippen molar-refractivity contribution >= 4 is 0 Å². The van der Waals surface area contributed by atoms with Crippen LogP contribution in [0.4, 0.5) is 0 Å². The van der Waals surface area contributed by atoms with Crippen molar-refractivity contribution in [3.8, 4) is 0 Å². The van der Waals surface area contributed by atoms with Gasteiger partial charge < -0.3 is 26.5 Å². The van der Waals surface area contributed by atoms with Gasteiger partial charge in [0.1, 0.15) is 34.6 Å². The second-order valence-corrected chi connectivity index (χ2v) is 37.7. The Balaban J connectivity index is 0.000000504. The molecule has 6 aromatic heterocycles. The molecule has 0 aromatic carbocycles. The van der Waals surface area contributed by atoms with Crippen molar-refractivity contribution in [2.45, 2.75) is 320 Å². The SMILES string of the molecule is CC(C)(C)Cc1cc(C(C)(C)C)co1.CC(C)(C)Cc1ccc(C(C)(C)C)o1.CC(C)(C)Cc1ccoc1C(C)(C)C.CC(C)(C)Cc1coc(C(C)(C)C)c1.CC(C)(C)Cc1cocc1C(C)(C)C.CC(C)(C)Cc1occc1C(C)(C)C. The first-order chi connectivity index (χ1) is 37.2. The highest BCUT2D eigenvalue weighted by Crippen LogP contribution is 2.36. The van der Waals surface area contributed by atoms with Gasteiger partial charge in [0.2, 0.25) is 0 Å². The Morgan fingerprint density at radius 3 is 1.14 bits per heavy atom. The molecule has 0 aliphatic rings. The number of hydrogen-bond donors (Lipinski definition) is 0. The van der Waals surface area contributed by atoms with Crippen LogP contribution in [0, 0.1) is 32.5 Å². The minimum atomic E-state index is 0.115. The largest absolute Gasteiger partial charge is 0.472 e. The van der Waals surface area contributed by atoms with Crippen molar-refractivity contribution < 1.29 is 26.5 Å². The highest BCUT2D eigenvalue weighted by molar-refractivity contribution is 5.29. The van der Waals surface area contributed by atoms with Gasteiger partial charge in [0.25, 0.3) is 0 Å². The van der Waals surface area contributed by atoms with E-state index in [2.05, 4.69) is 286 Å². The van der Waals surface area contributed by atoms with Crippen LogP contribution in [0.1, 0.15) is 317 Å². The molecule has 6 heteroatoms. The van der Waals surface area contributed by atoms with Crippen molar-refractivity contribution in [3.63, 3.8) is 0 Å². The molecule has 0 bridgehead atoms. The van der Waals surface area contributed by atoms with Gasteiger partial charge in [0.05, 0.1) is 37.6 Å². The summed E-state index contributed by atoms with van der Waals surface area (Å²) in [5.41, 5.74) is 10.8. The lowest BCUT2D eigenvalue weighted by Gasteiger charge is -2.22. The molecular weight excluding hydrogens is 1030 g/mol. The molecule has 6 nitrogen and oxygen atoms in total. The fourth-order valence-corrected chi connectivity index (χ4v) is 9.28. The predicted molar refractivity (Wildman–Crippen MR) is 363 cm³/mol. The maximum atomic E-state index is 5.82. The Morgan fingerprint density at radius 1 is 0.298 bits per heavy atom. The van der Waals surface area contributed by atoms with Gasteiger partial charge in [-0.1, -0.05) is 249 Å². The third-order valence-corrected chi connectivity index (χ3v) is 13.1. The quantitative estimate of drug-likeness (QED) is 0.165. The van der Waals surface area contributed by atoms with Crippen molar-refractivity contribution in [1.82, 2.24) is 0 Å². The highest BCUT2D eigenvalue weighted by Gasteiger charge is 2.28. The second-order valence-electron chi connectivity index (χ2n) is 37.7. The molecule has 0 unspecified atom stereocenters. The van der Waals surface area contributed by atoms with E-state index in [1.165, 1.54) is 33.4 Å². The van der Waals surface area contributed by atoms with Crippen LogP contribution in [0.15, 0.2) is 100 Å². The molecule has 0 N–H and O–H groups in total. The van der Waals surface area contributed by atoms with E-state index in [1.807, 2.05) is 37.6 Å². The van der Waals surface area contributed by atoms with E-state index in [4.69, 9.17) is 26.5 Å². The normalized spacial score (nSPS) is 13.3. The van der Waals surface area contributed by atoms with E-state index >= 15 is 0 Å². The molecule has 6 heterocycles. The summed E-state index contributed by atoms with van der Waals surface area (Å²) in [5, 5.41) is 0. The fourth-order valence-electron chi connectivity index (χ4n) is 9.28. The van der Waals surface area contributed by atoms with Crippen molar-refractivity contribution in [2.24, 2.45) is 32.5 Å². The van der Waals surface area contributed by atoms with E-state index in [9.17, 15) is 0 Å². The zero-order valence-corrected chi connectivity index (χ0v) is 61.6. The van der Waals surface area contributed by atoms with E-state index in [-0.39, 0.29) is 37.9 Å². The molecule has 0 atom stereocenters. The molecule has 0 fully saturated rings. The summed E-state index contributed by atoms with van der Waals surface area (Å²) in [6.07, 6.45) is 17.4. The van der Waals surface area contributed by atoms with Crippen LogP contribution in [-0.4, -0.2) is 0 Å². The molecular formula is C78H132O6. The molecule has 6 rings (SSSR count). The smallest absolute Gasteiger partial charge is 0.112 e. The topological polar surface area (TPSA) is 78.8 Å². The van der Waals surface area contributed by atoms with Crippen LogP contribution >= 0.6 is 0 Å². The number of furan rings is 6. The first-order valence-electron chi connectivity index (χ1n) is 31.6. The average molecular weight is 1170 g/mol. The van der Waals surface area contributed by atoms with Gasteiger partial charge in [0, 0.05) is 35.5 Å². The van der Waals surface area contributed by atoms with Gasteiger partial charge in [-0.15, -0.1) is 0 Å². The third-order valence-electron chi connectivity index (χ3n) is 13.1. The number of hydrogen-bond acceptors (Lipinski definition) is 6. The standard InChI is InChI=1S/6C13H22O/c1-12(2,3)8-11-7-10(9-14-11)13(4,5)6;1-12(2,3)7-10-8-14-9-11(10)13(4,5)6;1-12(2,3)8-10-7-11(14-9-10)13(4,5)6;1-12(2,3)9-11-10(7-8-14-11)13(4,5)6;1-12(2,3)9-10-7-8-14-11(10)13(4,5)6;1-12(2,3)9-10-7-8-11(14-10)13(4,5)6/h7,9H,8H2,1-6H3;8-9H,7H2,1-6H3;7,9H,8H2,1-6H3;3*7-8H,9H2,1-6H3. The summed E-state index contributed by atoms with van der Waals surface area (Å²) in [6, 6.07) is 12.8. The second kappa shape index (κ2) is 29.1. The summed E-state index contributed by atoms with van der Waals surface area (Å²) in [7, 11) is 0. The van der Waals surface area contributed by atoms with E-state index in [1.54, 1.807) is 0 Å². The summed E-state index contributed by atoms with van der Waals surface area (Å²) in [5.74, 6) is 6.63. The van der Waals surface area contributed by atoms with E-state index in [0.29, 0.717) is 27.1 Å². The molecule has 0 aliphatic carbocycles. The molecule has 6 aromatic rings. The van der Waals surface area contributed by atoms with Crippen LogP contribution < -0.4 is 0 Å². The van der Waals surface area contributed by atoms with Crippen LogP contribution in [-0.2, 0) is 71.0 Å². The van der Waals surface area contributed by atoms with Crippen molar-refractivity contribution in [1.29, 1.82) is 0 Å². The van der Waals surface area contributed by atoms with Gasteiger partial charge in [-0.05, 0) is 138 Å². The molecule has 0 radical (unpaired) electrons. The third kappa shape index (κ3) is 32.4. The lowest BCUT2D eigenvalue weighted by Crippen LogP contribution is -2.16. The fraction of sp³-hybridized carbons (Fsp3) is 0.692. The maximum absolute atomic E-state index is 5.82. The minimum Gasteiger partial charge on any atom is -0.472 e. The van der Waals surface area contributed by atoms with Gasteiger partial charge in [-0.25, -0.2) is 0 Å². The molecule has 84 heavy (non-hydrogen) atoms. The van der Waals surface area contributed by atoms with Gasteiger partial charge in [0.15, 0.2) is 0 Å². The molecule has 480 valence electrons. The Kier molecular flexibility index (Phi) is 26.9. The zero-order chi connectivity index (χ0) is 65.9. The summed E-state index contributed by atoms with van der Waals surface area (Å²) < 4.78 is 33.4. The van der Waals surface area contributed by atoms with Crippen molar-refractivity contribution in [2.75, 3.05) is 0 Å². The monoisotopic (exact) mass is 1170 g/mol. The van der Waals surface area contributed by atoms with Crippen molar-refractivity contribution in [3.05, 3.63) is 142 Å². The Labute approximate surface area is 518 Å². The lowest BCUT2D eigenvalue weighted by atomic mass is 9.81. The minimum absolute atomic E-state index is 0.115. The Bertz CT molecular complexity index is 2450. The average Bonchev–Trinajstić information content (AvgIpc) is 4.06. The molecule has 0 saturated carbocycles. The zero-order valence-electron chi connectivity index (χ0n) is 61.6. The first kappa shape index (κ1) is 77.7. The summed E-state index contributed by atoms with van der Waals surface area (Å²) in [4.78, 5) is 0. The summed E-state index contributed by atoms with van der Waals surface area (Å²) in [6.45, 7) is 80.0. The van der Waals surface area contributed by atoms with E-state index in [0.717, 1.165) is 73.1 Å². The van der Waals surface area contributed by atoms with Gasteiger partial charge in [-0.2, -0.15) is 0 Å². The molecule has 0 amide bonds. The van der Waals surface area contributed by atoms with Crippen LogP contribution in [0.2, 0.25) is 0 Å². The van der Waals surface area contributed by atoms with Gasteiger partial charge in [-0.3, -0.25) is 0 Å². The van der Waals surface area contributed by atoms with Crippen LogP contribution in [0.25, 0.3) is 0 Å². The van der Waals surface area contributed by atoms with Gasteiger partial charge >= 0.3 is 0 Å². The molecule has 0 aliphatic heterocycles. The predicted octanol–water partition coefficient (Wildman–Crippen LogP) is 25.0. The Hall–Kier alpha value is -4.32. The number of rotatable bonds is 6. The summed E-state index contributed by atoms with van der Waals surface area (Å²) >= 11 is 0. The molecule has 0 saturated heterocycles. The highest BCUT2D eigenvalue weighted by atomic mass is 16.3. The first-order valence-corrected chi connectivity index (χ1v) is 31.6.